The molecule has 1 aromatic carbocycles. The fraction of sp³-hybridized carbons (Fsp3) is 0.571. The van der Waals surface area contributed by atoms with Crippen molar-refractivity contribution in [1.82, 2.24) is 0 Å². The summed E-state index contributed by atoms with van der Waals surface area (Å²) in [6.07, 6.45) is 1.01. The third kappa shape index (κ3) is 1.61. The molecule has 0 radical (unpaired) electrons. The van der Waals surface area contributed by atoms with Gasteiger partial charge in [-0.2, -0.15) is 0 Å². The second-order valence-electron chi connectivity index (χ2n) is 5.30. The van der Waals surface area contributed by atoms with Crippen molar-refractivity contribution in [2.45, 2.75) is 45.6 Å². The summed E-state index contributed by atoms with van der Waals surface area (Å²) in [7, 11) is 0. The van der Waals surface area contributed by atoms with Gasteiger partial charge in [-0.25, -0.2) is 0 Å². The number of rotatable bonds is 2. The number of nitrogens with two attached hydrogens (primary N) is 1. The van der Waals surface area contributed by atoms with Crippen LogP contribution in [0.1, 0.15) is 49.9 Å². The number of hydrogen-bond acceptors (Lipinski definition) is 2. The average Bonchev–Trinajstić information content (AvgIpc) is 2.43. The first-order valence-corrected chi connectivity index (χ1v) is 5.99. The van der Waals surface area contributed by atoms with Crippen molar-refractivity contribution in [3.05, 3.63) is 28.8 Å². The van der Waals surface area contributed by atoms with E-state index in [0.717, 1.165) is 12.2 Å². The zero-order valence-corrected chi connectivity index (χ0v) is 10.6. The third-order valence-corrected chi connectivity index (χ3v) is 3.50. The Morgan fingerprint density at radius 1 is 1.44 bits per heavy atom. The monoisotopic (exact) mass is 219 g/mol. The van der Waals surface area contributed by atoms with Gasteiger partial charge in [0.05, 0.1) is 6.61 Å². The Bertz CT molecular complexity index is 409. The van der Waals surface area contributed by atoms with Crippen LogP contribution in [-0.4, -0.2) is 6.61 Å². The zero-order valence-electron chi connectivity index (χ0n) is 10.6. The number of benzene rings is 1. The lowest BCUT2D eigenvalue weighted by Crippen LogP contribution is -2.15. The smallest absolute Gasteiger partial charge is 0.123 e. The molecule has 16 heavy (non-hydrogen) atoms. The maximum atomic E-state index is 6.23. The predicted octanol–water partition coefficient (Wildman–Crippen LogP) is 3.07. The van der Waals surface area contributed by atoms with E-state index < -0.39 is 0 Å². The van der Waals surface area contributed by atoms with Crippen molar-refractivity contribution in [3.63, 3.8) is 0 Å². The second kappa shape index (κ2) is 3.77. The molecule has 0 saturated carbocycles. The summed E-state index contributed by atoms with van der Waals surface area (Å²) in [6.45, 7) is 9.37. The quantitative estimate of drug-likeness (QED) is 0.829. The lowest BCUT2D eigenvalue weighted by Gasteiger charge is -2.22. The first kappa shape index (κ1) is 11.5. The average molecular weight is 219 g/mol. The molecule has 88 valence electrons. The molecule has 0 spiro atoms. The largest absolute Gasteiger partial charge is 0.494 e. The Morgan fingerprint density at radius 2 is 2.12 bits per heavy atom. The maximum absolute atomic E-state index is 6.23. The second-order valence-corrected chi connectivity index (χ2v) is 5.30. The van der Waals surface area contributed by atoms with Crippen molar-refractivity contribution in [2.75, 3.05) is 6.61 Å². The summed E-state index contributed by atoms with van der Waals surface area (Å²) in [5.41, 5.74) is 10.3. The molecule has 0 amide bonds. The van der Waals surface area contributed by atoms with Crippen LogP contribution in [0.2, 0.25) is 0 Å². The van der Waals surface area contributed by atoms with Gasteiger partial charge < -0.3 is 10.5 Å². The number of aryl methyl sites for hydroxylation is 1. The van der Waals surface area contributed by atoms with E-state index in [4.69, 9.17) is 10.5 Å². The molecular formula is C14H21NO. The molecule has 0 saturated heterocycles. The van der Waals surface area contributed by atoms with Crippen molar-refractivity contribution in [2.24, 2.45) is 5.73 Å². The van der Waals surface area contributed by atoms with E-state index in [-0.39, 0.29) is 11.5 Å². The summed E-state index contributed by atoms with van der Waals surface area (Å²) in [6, 6.07) is 4.35. The Hall–Kier alpha value is -1.02. The Balaban J connectivity index is 2.62. The fourth-order valence-corrected chi connectivity index (χ4v) is 2.91. The van der Waals surface area contributed by atoms with Gasteiger partial charge in [0, 0.05) is 11.6 Å². The SMILES string of the molecule is CCOc1ccc(C)c2c1C(C)(C)CC2N. The molecule has 2 rings (SSSR count). The van der Waals surface area contributed by atoms with E-state index >= 15 is 0 Å². The van der Waals surface area contributed by atoms with Gasteiger partial charge in [0.2, 0.25) is 0 Å². The van der Waals surface area contributed by atoms with Gasteiger partial charge in [-0.15, -0.1) is 0 Å². The highest BCUT2D eigenvalue weighted by Gasteiger charge is 2.38. The van der Waals surface area contributed by atoms with E-state index in [1.54, 1.807) is 0 Å². The van der Waals surface area contributed by atoms with E-state index in [2.05, 4.69) is 32.9 Å². The molecule has 2 nitrogen and oxygen atoms in total. The van der Waals surface area contributed by atoms with Crippen LogP contribution in [0.5, 0.6) is 5.75 Å². The van der Waals surface area contributed by atoms with Crippen molar-refractivity contribution in [1.29, 1.82) is 0 Å². The minimum Gasteiger partial charge on any atom is -0.494 e. The fourth-order valence-electron chi connectivity index (χ4n) is 2.91. The highest BCUT2D eigenvalue weighted by molar-refractivity contribution is 5.53. The summed E-state index contributed by atoms with van der Waals surface area (Å²) in [4.78, 5) is 0. The summed E-state index contributed by atoms with van der Waals surface area (Å²) < 4.78 is 5.73. The topological polar surface area (TPSA) is 35.2 Å². The lowest BCUT2D eigenvalue weighted by molar-refractivity contribution is 0.328. The van der Waals surface area contributed by atoms with Gasteiger partial charge in [-0.3, -0.25) is 0 Å². The Morgan fingerprint density at radius 3 is 2.75 bits per heavy atom. The van der Waals surface area contributed by atoms with Crippen LogP contribution in [-0.2, 0) is 5.41 Å². The van der Waals surface area contributed by atoms with Crippen LogP contribution in [0, 0.1) is 6.92 Å². The standard InChI is InChI=1S/C14H21NO/c1-5-16-11-7-6-9(2)12-10(15)8-14(3,4)13(11)12/h6-7,10H,5,8,15H2,1-4H3. The van der Waals surface area contributed by atoms with Crippen LogP contribution < -0.4 is 10.5 Å². The summed E-state index contributed by atoms with van der Waals surface area (Å²) in [5.74, 6) is 1.01. The lowest BCUT2D eigenvalue weighted by atomic mass is 9.85. The molecule has 1 aromatic rings. The molecule has 1 aliphatic carbocycles. The van der Waals surface area contributed by atoms with E-state index in [1.165, 1.54) is 16.7 Å². The molecule has 0 aromatic heterocycles. The van der Waals surface area contributed by atoms with Gasteiger partial charge in [-0.05, 0) is 42.9 Å². The van der Waals surface area contributed by atoms with Gasteiger partial charge in [0.15, 0.2) is 0 Å². The van der Waals surface area contributed by atoms with Gasteiger partial charge in [0.25, 0.3) is 0 Å². The number of ether oxygens (including phenoxy) is 1. The maximum Gasteiger partial charge on any atom is 0.123 e. The van der Waals surface area contributed by atoms with E-state index in [9.17, 15) is 0 Å². The first-order valence-electron chi connectivity index (χ1n) is 5.99. The van der Waals surface area contributed by atoms with E-state index in [1.807, 2.05) is 6.92 Å². The minimum absolute atomic E-state index is 0.130. The van der Waals surface area contributed by atoms with Crippen molar-refractivity contribution >= 4 is 0 Å². The summed E-state index contributed by atoms with van der Waals surface area (Å²) in [5, 5.41) is 0. The molecule has 0 aliphatic heterocycles. The molecule has 0 heterocycles. The molecule has 1 aliphatic rings. The van der Waals surface area contributed by atoms with Crippen LogP contribution in [0.15, 0.2) is 12.1 Å². The number of fused-ring (bicyclic) bond motifs is 1. The highest BCUT2D eigenvalue weighted by Crippen LogP contribution is 2.49. The zero-order chi connectivity index (χ0) is 11.9. The van der Waals surface area contributed by atoms with Crippen LogP contribution >= 0.6 is 0 Å². The highest BCUT2D eigenvalue weighted by atomic mass is 16.5. The van der Waals surface area contributed by atoms with Crippen molar-refractivity contribution < 1.29 is 4.74 Å². The third-order valence-electron chi connectivity index (χ3n) is 3.50. The number of hydrogen-bond donors (Lipinski definition) is 1. The van der Waals surface area contributed by atoms with Crippen LogP contribution in [0.25, 0.3) is 0 Å². The molecular weight excluding hydrogens is 198 g/mol. The molecule has 1 atom stereocenters. The Kier molecular flexibility index (Phi) is 2.70. The molecule has 1 unspecified atom stereocenters. The van der Waals surface area contributed by atoms with Crippen LogP contribution in [0.3, 0.4) is 0 Å². The minimum atomic E-state index is 0.130. The molecule has 2 heteroatoms. The van der Waals surface area contributed by atoms with Crippen LogP contribution in [0.4, 0.5) is 0 Å². The molecule has 0 fully saturated rings. The Labute approximate surface area is 97.8 Å². The van der Waals surface area contributed by atoms with Gasteiger partial charge >= 0.3 is 0 Å². The summed E-state index contributed by atoms with van der Waals surface area (Å²) >= 11 is 0. The molecule has 0 bridgehead atoms. The molecule has 2 N–H and O–H groups in total. The van der Waals surface area contributed by atoms with Gasteiger partial charge in [-0.1, -0.05) is 19.9 Å². The van der Waals surface area contributed by atoms with E-state index in [0.29, 0.717) is 6.61 Å². The van der Waals surface area contributed by atoms with Gasteiger partial charge in [0.1, 0.15) is 5.75 Å². The first-order chi connectivity index (χ1) is 7.47. The predicted molar refractivity (Wildman–Crippen MR) is 66.9 cm³/mol. The normalized spacial score (nSPS) is 21.9. The van der Waals surface area contributed by atoms with Crippen molar-refractivity contribution in [3.8, 4) is 5.75 Å².